The molecule has 3 N–H and O–H groups in total. The second-order valence-corrected chi connectivity index (χ2v) is 4.06. The van der Waals surface area contributed by atoms with Gasteiger partial charge in [0.15, 0.2) is 0 Å². The lowest BCUT2D eigenvalue weighted by Crippen LogP contribution is -2.49. The molecule has 0 aliphatic carbocycles. The molecule has 1 atom stereocenters. The maximum absolute atomic E-state index is 10.9. The van der Waals surface area contributed by atoms with Crippen molar-refractivity contribution >= 4 is 5.97 Å². The van der Waals surface area contributed by atoms with Crippen molar-refractivity contribution in [3.63, 3.8) is 0 Å². The van der Waals surface area contributed by atoms with Gasteiger partial charge in [0.1, 0.15) is 5.54 Å². The number of aliphatic hydroxyl groups excluding tert-OH is 1. The molecule has 0 radical (unpaired) electrons. The van der Waals surface area contributed by atoms with Crippen LogP contribution in [0.25, 0.3) is 0 Å². The predicted octanol–water partition coefficient (Wildman–Crippen LogP) is 1.38. The van der Waals surface area contributed by atoms with Crippen LogP contribution in [0.4, 0.5) is 0 Å². The molecule has 1 unspecified atom stereocenters. The molecule has 0 fully saturated rings. The Hall–Kier alpha value is -0.610. The summed E-state index contributed by atoms with van der Waals surface area (Å²) in [6, 6.07) is 0. The smallest absolute Gasteiger partial charge is 0.323 e. The quantitative estimate of drug-likeness (QED) is 0.510. The van der Waals surface area contributed by atoms with E-state index >= 15 is 0 Å². The SMILES string of the molecule is CCC(C)(NCCCCCCO)C(=O)O. The van der Waals surface area contributed by atoms with Gasteiger partial charge in [0.05, 0.1) is 0 Å². The van der Waals surface area contributed by atoms with E-state index in [9.17, 15) is 4.79 Å². The summed E-state index contributed by atoms with van der Waals surface area (Å²) in [5, 5.41) is 20.6. The fourth-order valence-corrected chi connectivity index (χ4v) is 1.31. The fourth-order valence-electron chi connectivity index (χ4n) is 1.31. The molecule has 4 nitrogen and oxygen atoms in total. The molecule has 0 spiro atoms. The molecule has 0 saturated heterocycles. The third-order valence-electron chi connectivity index (χ3n) is 2.78. The van der Waals surface area contributed by atoms with E-state index < -0.39 is 11.5 Å². The van der Waals surface area contributed by atoms with Gasteiger partial charge in [-0.15, -0.1) is 0 Å². The Morgan fingerprint density at radius 1 is 1.27 bits per heavy atom. The molecule has 0 aromatic carbocycles. The van der Waals surface area contributed by atoms with Crippen molar-refractivity contribution in [1.82, 2.24) is 5.32 Å². The van der Waals surface area contributed by atoms with Crippen molar-refractivity contribution in [2.24, 2.45) is 0 Å². The average molecular weight is 217 g/mol. The van der Waals surface area contributed by atoms with Gasteiger partial charge in [-0.05, 0) is 32.7 Å². The highest BCUT2D eigenvalue weighted by Crippen LogP contribution is 2.09. The summed E-state index contributed by atoms with van der Waals surface area (Å²) >= 11 is 0. The second-order valence-electron chi connectivity index (χ2n) is 4.06. The first-order valence-corrected chi connectivity index (χ1v) is 5.66. The molecule has 15 heavy (non-hydrogen) atoms. The molecule has 0 bridgehead atoms. The van der Waals surface area contributed by atoms with Gasteiger partial charge in [-0.2, -0.15) is 0 Å². The van der Waals surface area contributed by atoms with Crippen molar-refractivity contribution in [2.45, 2.75) is 51.5 Å². The minimum Gasteiger partial charge on any atom is -0.480 e. The Balaban J connectivity index is 3.60. The largest absolute Gasteiger partial charge is 0.480 e. The number of aliphatic carboxylic acids is 1. The van der Waals surface area contributed by atoms with Crippen molar-refractivity contribution < 1.29 is 15.0 Å². The monoisotopic (exact) mass is 217 g/mol. The Morgan fingerprint density at radius 2 is 1.87 bits per heavy atom. The van der Waals surface area contributed by atoms with E-state index in [4.69, 9.17) is 10.2 Å². The fraction of sp³-hybridized carbons (Fsp3) is 0.909. The molecular formula is C11H23NO3. The zero-order chi connectivity index (χ0) is 11.7. The van der Waals surface area contributed by atoms with Crippen LogP contribution in [0.15, 0.2) is 0 Å². The minimum absolute atomic E-state index is 0.245. The molecule has 0 aliphatic heterocycles. The van der Waals surface area contributed by atoms with Crippen LogP contribution in [0.5, 0.6) is 0 Å². The van der Waals surface area contributed by atoms with E-state index in [-0.39, 0.29) is 6.61 Å². The van der Waals surface area contributed by atoms with Crippen LogP contribution in [0.1, 0.15) is 46.0 Å². The maximum Gasteiger partial charge on any atom is 0.323 e. The summed E-state index contributed by atoms with van der Waals surface area (Å²) in [6.07, 6.45) is 4.42. The molecule has 0 amide bonds. The van der Waals surface area contributed by atoms with Crippen LogP contribution in [0.3, 0.4) is 0 Å². The Kier molecular flexibility index (Phi) is 7.34. The van der Waals surface area contributed by atoms with Gasteiger partial charge in [-0.25, -0.2) is 0 Å². The third-order valence-corrected chi connectivity index (χ3v) is 2.78. The van der Waals surface area contributed by atoms with Crippen LogP contribution < -0.4 is 5.32 Å². The first kappa shape index (κ1) is 14.4. The summed E-state index contributed by atoms with van der Waals surface area (Å²) in [5.41, 5.74) is -0.795. The molecule has 0 aromatic heterocycles. The Labute approximate surface area is 91.7 Å². The van der Waals surface area contributed by atoms with E-state index in [1.54, 1.807) is 6.92 Å². The molecule has 0 rings (SSSR count). The zero-order valence-electron chi connectivity index (χ0n) is 9.75. The highest BCUT2D eigenvalue weighted by Gasteiger charge is 2.29. The standard InChI is InChI=1S/C11H23NO3/c1-3-11(2,10(14)15)12-8-6-4-5-7-9-13/h12-13H,3-9H2,1-2H3,(H,14,15). The zero-order valence-corrected chi connectivity index (χ0v) is 9.75. The van der Waals surface area contributed by atoms with Crippen molar-refractivity contribution in [1.29, 1.82) is 0 Å². The van der Waals surface area contributed by atoms with E-state index in [0.29, 0.717) is 6.42 Å². The van der Waals surface area contributed by atoms with Crippen molar-refractivity contribution in [3.05, 3.63) is 0 Å². The second kappa shape index (κ2) is 7.65. The molecule has 0 saturated carbocycles. The van der Waals surface area contributed by atoms with E-state index in [1.165, 1.54) is 0 Å². The highest BCUT2D eigenvalue weighted by molar-refractivity contribution is 5.78. The summed E-state index contributed by atoms with van der Waals surface area (Å²) in [4.78, 5) is 10.9. The van der Waals surface area contributed by atoms with Crippen LogP contribution in [0.2, 0.25) is 0 Å². The first-order valence-electron chi connectivity index (χ1n) is 5.66. The van der Waals surface area contributed by atoms with Crippen LogP contribution in [-0.4, -0.2) is 34.9 Å². The summed E-state index contributed by atoms with van der Waals surface area (Å²) < 4.78 is 0. The summed E-state index contributed by atoms with van der Waals surface area (Å²) in [7, 11) is 0. The average Bonchev–Trinajstić information content (AvgIpc) is 2.22. The normalized spacial score (nSPS) is 14.9. The first-order chi connectivity index (χ1) is 7.06. The number of carboxylic acids is 1. The van der Waals surface area contributed by atoms with Gasteiger partial charge in [0.2, 0.25) is 0 Å². The predicted molar refractivity (Wildman–Crippen MR) is 59.9 cm³/mol. The van der Waals surface area contributed by atoms with Gasteiger partial charge in [-0.1, -0.05) is 19.8 Å². The van der Waals surface area contributed by atoms with Gasteiger partial charge >= 0.3 is 5.97 Å². The molecule has 0 aromatic rings. The molecule has 4 heteroatoms. The van der Waals surface area contributed by atoms with E-state index in [2.05, 4.69) is 5.32 Å². The van der Waals surface area contributed by atoms with Crippen LogP contribution in [0, 0.1) is 0 Å². The summed E-state index contributed by atoms with van der Waals surface area (Å²) in [6.45, 7) is 4.55. The van der Waals surface area contributed by atoms with Crippen LogP contribution >= 0.6 is 0 Å². The Bertz CT molecular complexity index is 185. The number of hydrogen-bond acceptors (Lipinski definition) is 3. The van der Waals surface area contributed by atoms with E-state index in [1.807, 2.05) is 6.92 Å². The number of aliphatic hydroxyl groups is 1. The molecule has 0 heterocycles. The highest BCUT2D eigenvalue weighted by atomic mass is 16.4. The number of carboxylic acid groups (broad SMARTS) is 1. The maximum atomic E-state index is 10.9. The third kappa shape index (κ3) is 5.74. The van der Waals surface area contributed by atoms with Crippen molar-refractivity contribution in [3.8, 4) is 0 Å². The number of hydrogen-bond donors (Lipinski definition) is 3. The van der Waals surface area contributed by atoms with E-state index in [0.717, 1.165) is 32.2 Å². The lowest BCUT2D eigenvalue weighted by Gasteiger charge is -2.24. The number of nitrogens with one attached hydrogen (secondary N) is 1. The number of rotatable bonds is 9. The topological polar surface area (TPSA) is 69.6 Å². The van der Waals surface area contributed by atoms with Gasteiger partial charge < -0.3 is 15.5 Å². The minimum atomic E-state index is -0.795. The summed E-state index contributed by atoms with van der Waals surface area (Å²) in [5.74, 6) is -0.791. The van der Waals surface area contributed by atoms with Gasteiger partial charge in [-0.3, -0.25) is 4.79 Å². The number of unbranched alkanes of at least 4 members (excludes halogenated alkanes) is 3. The van der Waals surface area contributed by atoms with Gasteiger partial charge in [0, 0.05) is 6.61 Å². The molecule has 0 aliphatic rings. The number of carbonyl (C=O) groups is 1. The Morgan fingerprint density at radius 3 is 2.33 bits per heavy atom. The van der Waals surface area contributed by atoms with Crippen LogP contribution in [-0.2, 0) is 4.79 Å². The molecule has 90 valence electrons. The molecular weight excluding hydrogens is 194 g/mol. The lowest BCUT2D eigenvalue weighted by atomic mass is 9.99. The van der Waals surface area contributed by atoms with Crippen molar-refractivity contribution in [2.75, 3.05) is 13.2 Å². The van der Waals surface area contributed by atoms with Gasteiger partial charge in [0.25, 0.3) is 0 Å². The lowest BCUT2D eigenvalue weighted by molar-refractivity contribution is -0.144.